The SMILES string of the molecule is CCOC(=O)C1CC=CCC(C(=O)OCC)N(S(=O)(=O)c2ccc(C)cc2)CCCCC=CCCCCN1S(=O)(=O)c1ccc(C)cc1. The summed E-state index contributed by atoms with van der Waals surface area (Å²) in [7, 11) is -8.19. The molecule has 2 atom stereocenters. The molecule has 1 aliphatic heterocycles. The number of sulfonamides is 2. The summed E-state index contributed by atoms with van der Waals surface area (Å²) < 4.78 is 69.2. The molecule has 12 heteroatoms. The maximum absolute atomic E-state index is 14.0. The highest BCUT2D eigenvalue weighted by Crippen LogP contribution is 2.25. The molecular weight excluding hydrogens is 653 g/mol. The molecule has 0 bridgehead atoms. The van der Waals surface area contributed by atoms with Crippen molar-refractivity contribution in [2.75, 3.05) is 26.3 Å². The molecule has 0 amide bonds. The van der Waals surface area contributed by atoms with Crippen molar-refractivity contribution in [2.24, 2.45) is 0 Å². The van der Waals surface area contributed by atoms with Crippen LogP contribution >= 0.6 is 0 Å². The van der Waals surface area contributed by atoms with Gasteiger partial charge in [-0.05, 0) is 103 Å². The summed E-state index contributed by atoms with van der Waals surface area (Å²) in [5, 5.41) is 0. The monoisotopic (exact) mass is 702 g/mol. The normalized spacial score (nSPS) is 20.0. The van der Waals surface area contributed by atoms with Crippen LogP contribution in [0, 0.1) is 13.8 Å². The molecule has 2 aromatic rings. The maximum Gasteiger partial charge on any atom is 0.324 e. The third kappa shape index (κ3) is 10.8. The number of ether oxygens (including phenoxy) is 2. The van der Waals surface area contributed by atoms with Crippen molar-refractivity contribution in [3.05, 3.63) is 84.0 Å². The van der Waals surface area contributed by atoms with Crippen LogP contribution in [0.3, 0.4) is 0 Å². The lowest BCUT2D eigenvalue weighted by Crippen LogP contribution is -2.46. The minimum atomic E-state index is -4.09. The molecule has 48 heavy (non-hydrogen) atoms. The van der Waals surface area contributed by atoms with Crippen LogP contribution < -0.4 is 0 Å². The summed E-state index contributed by atoms with van der Waals surface area (Å²) in [6.07, 6.45) is 11.2. The van der Waals surface area contributed by atoms with E-state index in [1.54, 1.807) is 50.3 Å². The number of rotatable bonds is 8. The molecule has 0 aliphatic carbocycles. The fourth-order valence-corrected chi connectivity index (χ4v) is 8.72. The Labute approximate surface area is 286 Å². The molecule has 2 unspecified atom stereocenters. The second kappa shape index (κ2) is 19.0. The van der Waals surface area contributed by atoms with Crippen LogP contribution in [0.5, 0.6) is 0 Å². The average molecular weight is 703 g/mol. The van der Waals surface area contributed by atoms with Crippen molar-refractivity contribution >= 4 is 32.0 Å². The van der Waals surface area contributed by atoms with Crippen LogP contribution in [-0.4, -0.2) is 75.8 Å². The van der Waals surface area contributed by atoms with Gasteiger partial charge in [0, 0.05) is 13.1 Å². The number of carbonyl (C=O) groups is 2. The average Bonchev–Trinajstić information content (AvgIpc) is 3.04. The highest BCUT2D eigenvalue weighted by molar-refractivity contribution is 7.89. The van der Waals surface area contributed by atoms with Crippen molar-refractivity contribution in [1.29, 1.82) is 0 Å². The molecule has 0 radical (unpaired) electrons. The van der Waals surface area contributed by atoms with Crippen LogP contribution in [0.1, 0.15) is 76.3 Å². The van der Waals surface area contributed by atoms with E-state index >= 15 is 0 Å². The number of hydrogen-bond acceptors (Lipinski definition) is 8. The van der Waals surface area contributed by atoms with E-state index in [4.69, 9.17) is 9.47 Å². The topological polar surface area (TPSA) is 127 Å². The van der Waals surface area contributed by atoms with E-state index in [1.807, 2.05) is 26.0 Å². The van der Waals surface area contributed by atoms with Gasteiger partial charge in [-0.25, -0.2) is 16.8 Å². The van der Waals surface area contributed by atoms with Crippen LogP contribution in [0.4, 0.5) is 0 Å². The summed E-state index contributed by atoms with van der Waals surface area (Å²) >= 11 is 0. The minimum Gasteiger partial charge on any atom is -0.465 e. The standard InChI is InChI=1S/C36H50N2O8S2/c1-5-45-35(39)33-17-13-14-18-34(36(40)46-6-2)38(48(43,44)32-25-21-30(4)22-26-32)28-16-12-10-8-7-9-11-15-27-37(33)47(41,42)31-23-19-29(3)20-24-31/h7-8,13-14,19-26,33-34H,5-6,9-12,15-18,27-28H2,1-4H3. The summed E-state index contributed by atoms with van der Waals surface area (Å²) in [5.41, 5.74) is 1.81. The molecule has 0 aromatic heterocycles. The van der Waals surface area contributed by atoms with E-state index in [0.29, 0.717) is 25.7 Å². The Hall–Kier alpha value is -3.32. The lowest BCUT2D eigenvalue weighted by atomic mass is 10.1. The van der Waals surface area contributed by atoms with Crippen molar-refractivity contribution in [1.82, 2.24) is 8.61 Å². The molecule has 0 saturated heterocycles. The van der Waals surface area contributed by atoms with Crippen LogP contribution in [0.2, 0.25) is 0 Å². The third-order valence-electron chi connectivity index (χ3n) is 8.12. The molecule has 0 N–H and O–H groups in total. The first-order chi connectivity index (χ1) is 22.9. The van der Waals surface area contributed by atoms with Crippen LogP contribution in [0.25, 0.3) is 0 Å². The second-order valence-corrected chi connectivity index (χ2v) is 15.6. The van der Waals surface area contributed by atoms with E-state index in [2.05, 4.69) is 0 Å². The minimum absolute atomic E-state index is 0.0376. The van der Waals surface area contributed by atoms with Gasteiger partial charge in [-0.2, -0.15) is 8.61 Å². The van der Waals surface area contributed by atoms with Gasteiger partial charge in [0.1, 0.15) is 12.1 Å². The zero-order chi connectivity index (χ0) is 35.2. The summed E-state index contributed by atoms with van der Waals surface area (Å²) in [6.45, 7) is 7.40. The Bertz CT molecular complexity index is 1480. The van der Waals surface area contributed by atoms with Crippen molar-refractivity contribution in [3.63, 3.8) is 0 Å². The Morgan fingerprint density at radius 2 is 0.958 bits per heavy atom. The molecule has 264 valence electrons. The smallest absolute Gasteiger partial charge is 0.324 e. The quantitative estimate of drug-likeness (QED) is 0.239. The predicted molar refractivity (Wildman–Crippen MR) is 186 cm³/mol. The summed E-state index contributed by atoms with van der Waals surface area (Å²) in [6, 6.07) is 10.6. The zero-order valence-electron chi connectivity index (χ0n) is 28.5. The molecule has 0 saturated carbocycles. The lowest BCUT2D eigenvalue weighted by Gasteiger charge is -2.30. The van der Waals surface area contributed by atoms with Gasteiger partial charge in [-0.15, -0.1) is 0 Å². The van der Waals surface area contributed by atoms with Crippen LogP contribution in [0.15, 0.2) is 82.6 Å². The first-order valence-electron chi connectivity index (χ1n) is 16.7. The van der Waals surface area contributed by atoms with Gasteiger partial charge >= 0.3 is 11.9 Å². The molecular formula is C36H50N2O8S2. The van der Waals surface area contributed by atoms with E-state index < -0.39 is 44.1 Å². The number of allylic oxidation sites excluding steroid dienone is 2. The first kappa shape index (κ1) is 39.1. The number of carbonyl (C=O) groups excluding carboxylic acids is 2. The van der Waals surface area contributed by atoms with E-state index in [-0.39, 0.29) is 48.9 Å². The van der Waals surface area contributed by atoms with Gasteiger partial charge in [0.15, 0.2) is 0 Å². The molecule has 3 rings (SSSR count). The van der Waals surface area contributed by atoms with E-state index in [0.717, 1.165) is 24.0 Å². The fraction of sp³-hybridized carbons (Fsp3) is 0.500. The van der Waals surface area contributed by atoms with E-state index in [9.17, 15) is 26.4 Å². The molecule has 1 heterocycles. The van der Waals surface area contributed by atoms with Crippen molar-refractivity contribution in [3.8, 4) is 0 Å². The highest BCUT2D eigenvalue weighted by Gasteiger charge is 2.37. The second-order valence-electron chi connectivity index (χ2n) is 11.8. The Morgan fingerprint density at radius 3 is 1.29 bits per heavy atom. The fourth-order valence-electron chi connectivity index (χ4n) is 5.46. The highest BCUT2D eigenvalue weighted by atomic mass is 32.2. The molecule has 1 aliphatic rings. The molecule has 2 aromatic carbocycles. The van der Waals surface area contributed by atoms with Gasteiger partial charge in [0.05, 0.1) is 23.0 Å². The van der Waals surface area contributed by atoms with Crippen molar-refractivity contribution in [2.45, 2.75) is 101 Å². The Balaban J connectivity index is 2.06. The first-order valence-corrected chi connectivity index (χ1v) is 19.6. The van der Waals surface area contributed by atoms with Gasteiger partial charge in [-0.1, -0.05) is 59.7 Å². The van der Waals surface area contributed by atoms with E-state index in [1.165, 1.54) is 32.9 Å². The molecule has 10 nitrogen and oxygen atoms in total. The number of hydrogen-bond donors (Lipinski definition) is 0. The summed E-state index contributed by atoms with van der Waals surface area (Å²) in [4.78, 5) is 26.9. The third-order valence-corrected chi connectivity index (χ3v) is 12.0. The summed E-state index contributed by atoms with van der Waals surface area (Å²) in [5.74, 6) is -1.37. The predicted octanol–water partition coefficient (Wildman–Crippen LogP) is 6.10. The number of esters is 2. The molecule has 0 spiro atoms. The van der Waals surface area contributed by atoms with Crippen LogP contribution in [-0.2, 0) is 39.1 Å². The number of aryl methyl sites for hydroxylation is 2. The maximum atomic E-state index is 14.0. The Kier molecular flexibility index (Phi) is 15.5. The van der Waals surface area contributed by atoms with Gasteiger partial charge in [-0.3, -0.25) is 9.59 Å². The van der Waals surface area contributed by atoms with Crippen molar-refractivity contribution < 1.29 is 35.9 Å². The van der Waals surface area contributed by atoms with Gasteiger partial charge in [0.2, 0.25) is 20.0 Å². The Morgan fingerprint density at radius 1 is 0.604 bits per heavy atom. The number of benzene rings is 2. The lowest BCUT2D eigenvalue weighted by molar-refractivity contribution is -0.148. The van der Waals surface area contributed by atoms with Gasteiger partial charge < -0.3 is 9.47 Å². The zero-order valence-corrected chi connectivity index (χ0v) is 30.2. The number of nitrogens with zero attached hydrogens (tertiary/aromatic N) is 2. The van der Waals surface area contributed by atoms with Gasteiger partial charge in [0.25, 0.3) is 0 Å². The largest absolute Gasteiger partial charge is 0.465 e. The molecule has 0 fully saturated rings.